The number of hydrogen-bond acceptors (Lipinski definition) is 4. The Balaban J connectivity index is 2.62. The molecule has 2 aromatic rings. The lowest BCUT2D eigenvalue weighted by Gasteiger charge is -2.06. The number of nitrogen functional groups attached to an aromatic ring is 2. The molecule has 1 aromatic heterocycles. The van der Waals surface area contributed by atoms with Gasteiger partial charge in [0.2, 0.25) is 0 Å². The summed E-state index contributed by atoms with van der Waals surface area (Å²) in [5.41, 5.74) is 12.3. The van der Waals surface area contributed by atoms with Crippen LogP contribution in [0.5, 0.6) is 0 Å². The van der Waals surface area contributed by atoms with Crippen LogP contribution < -0.4 is 11.5 Å². The first-order valence-corrected chi connectivity index (χ1v) is 5.17. The lowest BCUT2D eigenvalue weighted by molar-refractivity contribution is 1.22. The fourth-order valence-electron chi connectivity index (χ4n) is 1.30. The summed E-state index contributed by atoms with van der Waals surface area (Å²) < 4.78 is 0. The molecule has 0 atom stereocenters. The lowest BCUT2D eigenvalue weighted by atomic mass is 10.1. The Hall–Kier alpha value is -1.52. The van der Waals surface area contributed by atoms with Crippen molar-refractivity contribution in [3.8, 4) is 11.3 Å². The van der Waals surface area contributed by atoms with E-state index in [4.69, 9.17) is 34.7 Å². The van der Waals surface area contributed by atoms with Crippen LogP contribution in [0.1, 0.15) is 0 Å². The normalized spacial score (nSPS) is 10.4. The first-order valence-electron chi connectivity index (χ1n) is 4.41. The molecule has 1 aromatic carbocycles. The number of benzene rings is 1. The molecule has 4 nitrogen and oxygen atoms in total. The highest BCUT2D eigenvalue weighted by Gasteiger charge is 2.10. The van der Waals surface area contributed by atoms with E-state index >= 15 is 0 Å². The lowest BCUT2D eigenvalue weighted by Crippen LogP contribution is -2.01. The highest BCUT2D eigenvalue weighted by Crippen LogP contribution is 2.31. The average molecular weight is 255 g/mol. The Kier molecular flexibility index (Phi) is 2.85. The van der Waals surface area contributed by atoms with Crippen molar-refractivity contribution in [3.63, 3.8) is 0 Å². The Morgan fingerprint density at radius 1 is 1.12 bits per heavy atom. The van der Waals surface area contributed by atoms with Crippen LogP contribution in [0.25, 0.3) is 11.3 Å². The van der Waals surface area contributed by atoms with Crippen molar-refractivity contribution >= 4 is 34.8 Å². The number of anilines is 2. The second kappa shape index (κ2) is 4.15. The molecule has 0 saturated heterocycles. The summed E-state index contributed by atoms with van der Waals surface area (Å²) in [6.07, 6.45) is 1.42. The third kappa shape index (κ3) is 2.03. The van der Waals surface area contributed by atoms with E-state index in [0.717, 1.165) is 0 Å². The minimum atomic E-state index is 0.226. The van der Waals surface area contributed by atoms with Gasteiger partial charge in [0.1, 0.15) is 11.5 Å². The van der Waals surface area contributed by atoms with Gasteiger partial charge in [0, 0.05) is 10.6 Å². The van der Waals surface area contributed by atoms with Crippen LogP contribution in [-0.4, -0.2) is 9.97 Å². The van der Waals surface area contributed by atoms with Gasteiger partial charge in [0.25, 0.3) is 0 Å². The van der Waals surface area contributed by atoms with Crippen molar-refractivity contribution in [2.24, 2.45) is 0 Å². The molecule has 0 fully saturated rings. The Morgan fingerprint density at radius 3 is 2.56 bits per heavy atom. The molecule has 0 amide bonds. The Labute approximate surface area is 102 Å². The van der Waals surface area contributed by atoms with Crippen molar-refractivity contribution in [3.05, 3.63) is 34.4 Å². The smallest absolute Gasteiger partial charge is 0.152 e. The predicted molar refractivity (Wildman–Crippen MR) is 66.3 cm³/mol. The minimum absolute atomic E-state index is 0.226. The van der Waals surface area contributed by atoms with E-state index in [1.54, 1.807) is 18.2 Å². The molecule has 0 aliphatic heterocycles. The molecule has 0 aliphatic rings. The number of nitrogens with zero attached hydrogens (tertiary/aromatic N) is 2. The summed E-state index contributed by atoms with van der Waals surface area (Å²) in [4.78, 5) is 8.01. The van der Waals surface area contributed by atoms with Crippen molar-refractivity contribution < 1.29 is 0 Å². The van der Waals surface area contributed by atoms with Gasteiger partial charge < -0.3 is 11.5 Å². The topological polar surface area (TPSA) is 77.8 Å². The van der Waals surface area contributed by atoms with Gasteiger partial charge in [-0.1, -0.05) is 23.2 Å². The van der Waals surface area contributed by atoms with Crippen LogP contribution in [0, 0.1) is 0 Å². The van der Waals surface area contributed by atoms with Crippen molar-refractivity contribution in [1.82, 2.24) is 9.97 Å². The van der Waals surface area contributed by atoms with Crippen LogP contribution >= 0.6 is 23.2 Å². The second-order valence-corrected chi connectivity index (χ2v) is 4.00. The molecular formula is C10H8Cl2N4. The van der Waals surface area contributed by atoms with Crippen molar-refractivity contribution in [1.29, 1.82) is 0 Å². The number of nitrogens with two attached hydrogens (primary N) is 2. The summed E-state index contributed by atoms with van der Waals surface area (Å²) in [5.74, 6) is 0.489. The van der Waals surface area contributed by atoms with Crippen LogP contribution in [0.15, 0.2) is 24.4 Å². The SMILES string of the molecule is Nc1cnc(-c2cc(Cl)ccc2Cl)c(N)n1. The van der Waals surface area contributed by atoms with Gasteiger partial charge in [-0.2, -0.15) is 0 Å². The van der Waals surface area contributed by atoms with E-state index in [9.17, 15) is 0 Å². The van der Waals surface area contributed by atoms with Crippen LogP contribution in [-0.2, 0) is 0 Å². The number of hydrogen-bond donors (Lipinski definition) is 2. The summed E-state index contributed by atoms with van der Waals surface area (Å²) in [5, 5.41) is 1.06. The molecule has 16 heavy (non-hydrogen) atoms. The van der Waals surface area contributed by atoms with Crippen LogP contribution in [0.3, 0.4) is 0 Å². The van der Waals surface area contributed by atoms with Gasteiger partial charge in [-0.3, -0.25) is 0 Å². The molecule has 4 N–H and O–H groups in total. The van der Waals surface area contributed by atoms with Gasteiger partial charge in [-0.25, -0.2) is 9.97 Å². The van der Waals surface area contributed by atoms with Gasteiger partial charge >= 0.3 is 0 Å². The minimum Gasteiger partial charge on any atom is -0.382 e. The zero-order valence-corrected chi connectivity index (χ0v) is 9.63. The maximum absolute atomic E-state index is 6.03. The molecule has 0 saturated carbocycles. The summed E-state index contributed by atoms with van der Waals surface area (Å²) in [6.45, 7) is 0. The van der Waals surface area contributed by atoms with Gasteiger partial charge in [0.05, 0.1) is 11.2 Å². The fourth-order valence-corrected chi connectivity index (χ4v) is 1.68. The maximum Gasteiger partial charge on any atom is 0.152 e. The largest absolute Gasteiger partial charge is 0.382 e. The van der Waals surface area contributed by atoms with Crippen LogP contribution in [0.2, 0.25) is 10.0 Å². The molecule has 2 rings (SSSR count). The van der Waals surface area contributed by atoms with E-state index in [2.05, 4.69) is 9.97 Å². The number of halogens is 2. The number of aromatic nitrogens is 2. The molecular weight excluding hydrogens is 247 g/mol. The molecule has 0 aliphatic carbocycles. The summed E-state index contributed by atoms with van der Waals surface area (Å²) in [6, 6.07) is 5.05. The first-order chi connectivity index (χ1) is 7.58. The molecule has 0 spiro atoms. The molecule has 0 radical (unpaired) electrons. The fraction of sp³-hybridized carbons (Fsp3) is 0. The zero-order valence-electron chi connectivity index (χ0n) is 8.11. The van der Waals surface area contributed by atoms with Gasteiger partial charge in [-0.05, 0) is 18.2 Å². The van der Waals surface area contributed by atoms with Crippen molar-refractivity contribution in [2.75, 3.05) is 11.5 Å². The summed E-state index contributed by atoms with van der Waals surface area (Å²) in [7, 11) is 0. The zero-order chi connectivity index (χ0) is 11.7. The molecule has 82 valence electrons. The van der Waals surface area contributed by atoms with Crippen LogP contribution in [0.4, 0.5) is 11.6 Å². The van der Waals surface area contributed by atoms with E-state index in [1.807, 2.05) is 0 Å². The van der Waals surface area contributed by atoms with E-state index < -0.39 is 0 Å². The van der Waals surface area contributed by atoms with Gasteiger partial charge in [0.15, 0.2) is 5.82 Å². The number of rotatable bonds is 1. The Bertz CT molecular complexity index is 542. The maximum atomic E-state index is 6.03. The standard InChI is InChI=1S/C10H8Cl2N4/c11-5-1-2-7(12)6(3-5)9-10(14)16-8(13)4-15-9/h1-4H,(H4,13,14,16). The summed E-state index contributed by atoms with van der Waals surface area (Å²) >= 11 is 11.9. The monoisotopic (exact) mass is 254 g/mol. The van der Waals surface area contributed by atoms with E-state index in [0.29, 0.717) is 21.3 Å². The highest BCUT2D eigenvalue weighted by molar-refractivity contribution is 6.35. The molecule has 0 bridgehead atoms. The second-order valence-electron chi connectivity index (χ2n) is 3.15. The highest BCUT2D eigenvalue weighted by atomic mass is 35.5. The van der Waals surface area contributed by atoms with E-state index in [1.165, 1.54) is 6.20 Å². The quantitative estimate of drug-likeness (QED) is 0.820. The molecule has 6 heteroatoms. The first kappa shape index (κ1) is 11.0. The van der Waals surface area contributed by atoms with Crippen molar-refractivity contribution in [2.45, 2.75) is 0 Å². The molecule has 0 unspecified atom stereocenters. The Morgan fingerprint density at radius 2 is 1.88 bits per heavy atom. The average Bonchev–Trinajstić information content (AvgIpc) is 2.22. The third-order valence-electron chi connectivity index (χ3n) is 2.00. The third-order valence-corrected chi connectivity index (χ3v) is 2.57. The molecule has 1 heterocycles. The predicted octanol–water partition coefficient (Wildman–Crippen LogP) is 2.61. The van der Waals surface area contributed by atoms with E-state index in [-0.39, 0.29) is 11.6 Å². The van der Waals surface area contributed by atoms with Gasteiger partial charge in [-0.15, -0.1) is 0 Å².